The minimum atomic E-state index is -0.0937. The second kappa shape index (κ2) is 6.01. The molecule has 1 saturated heterocycles. The first kappa shape index (κ1) is 15.7. The summed E-state index contributed by atoms with van der Waals surface area (Å²) < 4.78 is 3.41. The monoisotopic (exact) mass is 359 g/mol. The molecule has 1 fully saturated rings. The lowest BCUT2D eigenvalue weighted by Gasteiger charge is -2.40. The van der Waals surface area contributed by atoms with Crippen molar-refractivity contribution >= 4 is 11.3 Å². The number of aryl methyl sites for hydroxylation is 1. The SMILES string of the molecule is Cc1cc2c(N3CC(n4nc(-c5ccncc5)ccc4=O)C3)nccn2n1. The van der Waals surface area contributed by atoms with E-state index in [1.54, 1.807) is 35.4 Å². The van der Waals surface area contributed by atoms with Gasteiger partial charge in [-0.15, -0.1) is 0 Å². The third-order valence-electron chi connectivity index (χ3n) is 4.80. The molecule has 5 heterocycles. The molecule has 0 amide bonds. The Morgan fingerprint density at radius 3 is 2.67 bits per heavy atom. The summed E-state index contributed by atoms with van der Waals surface area (Å²) in [6.07, 6.45) is 7.03. The Morgan fingerprint density at radius 2 is 1.85 bits per heavy atom. The van der Waals surface area contributed by atoms with Crippen LogP contribution in [0.2, 0.25) is 0 Å². The molecular formula is C19H17N7O. The number of nitrogens with zero attached hydrogens (tertiary/aromatic N) is 7. The first-order valence-corrected chi connectivity index (χ1v) is 8.75. The van der Waals surface area contributed by atoms with Gasteiger partial charge in [-0.1, -0.05) is 0 Å². The molecule has 8 heteroatoms. The molecule has 1 aliphatic heterocycles. The summed E-state index contributed by atoms with van der Waals surface area (Å²) in [7, 11) is 0. The van der Waals surface area contributed by atoms with Crippen molar-refractivity contribution in [1.82, 2.24) is 29.4 Å². The molecular weight excluding hydrogens is 342 g/mol. The van der Waals surface area contributed by atoms with E-state index in [2.05, 4.69) is 25.1 Å². The number of rotatable bonds is 3. The molecule has 134 valence electrons. The Bertz CT molecular complexity index is 1180. The highest BCUT2D eigenvalue weighted by Crippen LogP contribution is 2.29. The molecule has 0 unspecified atom stereocenters. The fourth-order valence-electron chi connectivity index (χ4n) is 3.42. The van der Waals surface area contributed by atoms with Crippen LogP contribution in [0.1, 0.15) is 11.7 Å². The van der Waals surface area contributed by atoms with E-state index in [9.17, 15) is 4.79 Å². The lowest BCUT2D eigenvalue weighted by Crippen LogP contribution is -2.51. The Morgan fingerprint density at radius 1 is 1.04 bits per heavy atom. The Balaban J connectivity index is 1.43. The summed E-state index contributed by atoms with van der Waals surface area (Å²) in [6, 6.07) is 9.13. The normalized spacial score (nSPS) is 14.5. The maximum atomic E-state index is 12.3. The number of hydrogen-bond donors (Lipinski definition) is 0. The van der Waals surface area contributed by atoms with Crippen molar-refractivity contribution in [3.63, 3.8) is 0 Å². The van der Waals surface area contributed by atoms with E-state index in [4.69, 9.17) is 0 Å². The molecule has 0 aromatic carbocycles. The van der Waals surface area contributed by atoms with Gasteiger partial charge in [0.15, 0.2) is 5.82 Å². The van der Waals surface area contributed by atoms with Gasteiger partial charge in [0.1, 0.15) is 5.52 Å². The molecule has 4 aromatic heterocycles. The summed E-state index contributed by atoms with van der Waals surface area (Å²) in [4.78, 5) is 23.0. The van der Waals surface area contributed by atoms with Crippen LogP contribution in [0.25, 0.3) is 16.8 Å². The van der Waals surface area contributed by atoms with E-state index in [0.717, 1.165) is 28.3 Å². The molecule has 0 atom stereocenters. The van der Waals surface area contributed by atoms with Crippen molar-refractivity contribution in [2.75, 3.05) is 18.0 Å². The molecule has 5 rings (SSSR count). The summed E-state index contributed by atoms with van der Waals surface area (Å²) in [5.41, 5.74) is 3.53. The zero-order valence-electron chi connectivity index (χ0n) is 14.7. The fourth-order valence-corrected chi connectivity index (χ4v) is 3.42. The molecule has 1 aliphatic rings. The Kier molecular flexibility index (Phi) is 3.49. The number of anilines is 1. The molecule has 0 N–H and O–H groups in total. The largest absolute Gasteiger partial charge is 0.350 e. The molecule has 0 aliphatic carbocycles. The second-order valence-corrected chi connectivity index (χ2v) is 6.66. The van der Waals surface area contributed by atoms with Crippen LogP contribution in [0.15, 0.2) is 59.9 Å². The standard InChI is InChI=1S/C19H17N7O/c1-13-10-17-19(21-8-9-25(17)22-13)24-11-15(12-24)26-18(27)3-2-16(23-26)14-4-6-20-7-5-14/h2-10,15H,11-12H2,1H3. The lowest BCUT2D eigenvalue weighted by molar-refractivity contribution is 0.353. The third-order valence-corrected chi connectivity index (χ3v) is 4.80. The van der Waals surface area contributed by atoms with Crippen LogP contribution in [0.4, 0.5) is 5.82 Å². The van der Waals surface area contributed by atoms with Crippen molar-refractivity contribution in [1.29, 1.82) is 0 Å². The van der Waals surface area contributed by atoms with Gasteiger partial charge in [0.25, 0.3) is 5.56 Å². The summed E-state index contributed by atoms with van der Waals surface area (Å²) in [5.74, 6) is 0.882. The highest BCUT2D eigenvalue weighted by Gasteiger charge is 2.32. The van der Waals surface area contributed by atoms with Crippen molar-refractivity contribution in [2.24, 2.45) is 0 Å². The third kappa shape index (κ3) is 2.66. The quantitative estimate of drug-likeness (QED) is 0.554. The molecule has 27 heavy (non-hydrogen) atoms. The molecule has 0 bridgehead atoms. The van der Waals surface area contributed by atoms with Gasteiger partial charge in [-0.3, -0.25) is 9.78 Å². The van der Waals surface area contributed by atoms with Crippen molar-refractivity contribution in [3.8, 4) is 11.3 Å². The second-order valence-electron chi connectivity index (χ2n) is 6.66. The zero-order chi connectivity index (χ0) is 18.4. The molecule has 0 radical (unpaired) electrons. The molecule has 4 aromatic rings. The average Bonchev–Trinajstić information content (AvgIpc) is 3.04. The Labute approximate surface area is 154 Å². The predicted octanol–water partition coefficient (Wildman–Crippen LogP) is 1.72. The van der Waals surface area contributed by atoms with Crippen molar-refractivity contribution < 1.29 is 0 Å². The topological polar surface area (TPSA) is 81.2 Å². The lowest BCUT2D eigenvalue weighted by atomic mass is 10.1. The summed E-state index contributed by atoms with van der Waals surface area (Å²) in [5, 5.41) is 9.00. The van der Waals surface area contributed by atoms with Crippen molar-refractivity contribution in [3.05, 3.63) is 71.2 Å². The molecule has 0 spiro atoms. The smallest absolute Gasteiger partial charge is 0.267 e. The predicted molar refractivity (Wildman–Crippen MR) is 101 cm³/mol. The highest BCUT2D eigenvalue weighted by atomic mass is 16.1. The van der Waals surface area contributed by atoms with Gasteiger partial charge in [0, 0.05) is 49.5 Å². The number of fused-ring (bicyclic) bond motifs is 1. The Hall–Kier alpha value is -3.55. The van der Waals surface area contributed by atoms with E-state index >= 15 is 0 Å². The van der Waals surface area contributed by atoms with E-state index < -0.39 is 0 Å². The van der Waals surface area contributed by atoms with Gasteiger partial charge in [-0.25, -0.2) is 14.2 Å². The minimum Gasteiger partial charge on any atom is -0.350 e. The zero-order valence-corrected chi connectivity index (χ0v) is 14.7. The molecule has 8 nitrogen and oxygen atoms in total. The van der Waals surface area contributed by atoms with Crippen LogP contribution in [0.5, 0.6) is 0 Å². The highest BCUT2D eigenvalue weighted by molar-refractivity contribution is 5.70. The van der Waals surface area contributed by atoms with Gasteiger partial charge >= 0.3 is 0 Å². The first-order valence-electron chi connectivity index (χ1n) is 8.75. The van der Waals surface area contributed by atoms with Crippen LogP contribution < -0.4 is 10.5 Å². The minimum absolute atomic E-state index is 0.0189. The van der Waals surface area contributed by atoms with Gasteiger partial charge in [0.2, 0.25) is 0 Å². The van der Waals surface area contributed by atoms with Gasteiger partial charge in [-0.2, -0.15) is 10.2 Å². The van der Waals surface area contributed by atoms with E-state index in [0.29, 0.717) is 13.1 Å². The van der Waals surface area contributed by atoms with E-state index in [-0.39, 0.29) is 11.6 Å². The number of aromatic nitrogens is 6. The van der Waals surface area contributed by atoms with Crippen LogP contribution in [0.3, 0.4) is 0 Å². The fraction of sp³-hybridized carbons (Fsp3) is 0.211. The average molecular weight is 359 g/mol. The van der Waals surface area contributed by atoms with Crippen LogP contribution in [-0.2, 0) is 0 Å². The van der Waals surface area contributed by atoms with E-state index in [1.807, 2.05) is 35.8 Å². The van der Waals surface area contributed by atoms with Gasteiger partial charge < -0.3 is 4.90 Å². The number of hydrogen-bond acceptors (Lipinski definition) is 6. The van der Waals surface area contributed by atoms with Gasteiger partial charge in [-0.05, 0) is 31.2 Å². The van der Waals surface area contributed by atoms with Crippen LogP contribution in [-0.4, -0.2) is 42.5 Å². The summed E-state index contributed by atoms with van der Waals surface area (Å²) in [6.45, 7) is 3.33. The maximum Gasteiger partial charge on any atom is 0.267 e. The first-order chi connectivity index (χ1) is 13.2. The maximum absolute atomic E-state index is 12.3. The van der Waals surface area contributed by atoms with E-state index in [1.165, 1.54) is 0 Å². The number of pyridine rings is 1. The molecule has 0 saturated carbocycles. The van der Waals surface area contributed by atoms with Crippen LogP contribution >= 0.6 is 0 Å². The summed E-state index contributed by atoms with van der Waals surface area (Å²) >= 11 is 0. The van der Waals surface area contributed by atoms with Crippen LogP contribution in [0, 0.1) is 6.92 Å². The van der Waals surface area contributed by atoms with Gasteiger partial charge in [0.05, 0.1) is 17.4 Å². The van der Waals surface area contributed by atoms with Crippen molar-refractivity contribution in [2.45, 2.75) is 13.0 Å².